The summed E-state index contributed by atoms with van der Waals surface area (Å²) >= 11 is 0. The van der Waals surface area contributed by atoms with Gasteiger partial charge in [0.1, 0.15) is 0 Å². The fourth-order valence-electron chi connectivity index (χ4n) is 1.89. The van der Waals surface area contributed by atoms with Crippen LogP contribution in [0.5, 0.6) is 0 Å². The van der Waals surface area contributed by atoms with Crippen molar-refractivity contribution in [2.75, 3.05) is 18.0 Å². The van der Waals surface area contributed by atoms with Gasteiger partial charge in [-0.2, -0.15) is 0 Å². The van der Waals surface area contributed by atoms with Crippen molar-refractivity contribution in [1.82, 2.24) is 9.97 Å². The first-order valence-corrected chi connectivity index (χ1v) is 5.81. The number of rotatable bonds is 1. The van der Waals surface area contributed by atoms with Gasteiger partial charge in [-0.25, -0.2) is 9.97 Å². The van der Waals surface area contributed by atoms with Gasteiger partial charge < -0.3 is 10.6 Å². The Morgan fingerprint density at radius 3 is 2.75 bits per heavy atom. The molecule has 1 fully saturated rings. The number of aromatic nitrogens is 2. The molecule has 0 amide bonds. The number of hydrogen-bond acceptors (Lipinski definition) is 4. The van der Waals surface area contributed by atoms with Crippen LogP contribution in [0.1, 0.15) is 32.9 Å². The van der Waals surface area contributed by atoms with Crippen LogP contribution in [0.25, 0.3) is 0 Å². The van der Waals surface area contributed by atoms with Gasteiger partial charge >= 0.3 is 0 Å². The van der Waals surface area contributed by atoms with E-state index in [1.807, 2.05) is 12.3 Å². The highest BCUT2D eigenvalue weighted by atomic mass is 15.3. The van der Waals surface area contributed by atoms with Gasteiger partial charge in [0.25, 0.3) is 0 Å². The fraction of sp³-hybridized carbons (Fsp3) is 0.667. The molecule has 0 bridgehead atoms. The normalized spacial score (nSPS) is 21.5. The van der Waals surface area contributed by atoms with Gasteiger partial charge in [0.05, 0.1) is 5.69 Å². The molecule has 4 heteroatoms. The zero-order valence-corrected chi connectivity index (χ0v) is 10.3. The first kappa shape index (κ1) is 11.3. The second kappa shape index (κ2) is 4.01. The van der Waals surface area contributed by atoms with Crippen LogP contribution in [0.4, 0.5) is 5.95 Å². The highest BCUT2D eigenvalue weighted by Gasteiger charge is 2.23. The van der Waals surface area contributed by atoms with E-state index in [9.17, 15) is 0 Å². The summed E-state index contributed by atoms with van der Waals surface area (Å²) in [5.41, 5.74) is 7.04. The maximum absolute atomic E-state index is 5.89. The molecular weight excluding hydrogens is 200 g/mol. The number of nitrogens with zero attached hydrogens (tertiary/aromatic N) is 3. The molecule has 0 saturated carbocycles. The third-order valence-corrected chi connectivity index (χ3v) is 2.92. The first-order valence-electron chi connectivity index (χ1n) is 5.81. The summed E-state index contributed by atoms with van der Waals surface area (Å²) < 4.78 is 0. The maximum atomic E-state index is 5.89. The average molecular weight is 220 g/mol. The van der Waals surface area contributed by atoms with Gasteiger partial charge in [0.2, 0.25) is 5.95 Å². The minimum atomic E-state index is 0.0690. The zero-order valence-electron chi connectivity index (χ0n) is 10.3. The Morgan fingerprint density at radius 1 is 1.44 bits per heavy atom. The van der Waals surface area contributed by atoms with Gasteiger partial charge in [-0.05, 0) is 12.5 Å². The molecule has 1 unspecified atom stereocenters. The van der Waals surface area contributed by atoms with E-state index in [-0.39, 0.29) is 11.5 Å². The minimum Gasteiger partial charge on any atom is -0.339 e. The van der Waals surface area contributed by atoms with Crippen molar-refractivity contribution in [3.63, 3.8) is 0 Å². The van der Waals surface area contributed by atoms with E-state index in [1.54, 1.807) is 0 Å². The summed E-state index contributed by atoms with van der Waals surface area (Å²) in [5.74, 6) is 0.820. The molecule has 88 valence electrons. The summed E-state index contributed by atoms with van der Waals surface area (Å²) in [6.45, 7) is 8.32. The molecule has 4 nitrogen and oxygen atoms in total. The molecule has 2 heterocycles. The predicted octanol–water partition coefficient (Wildman–Crippen LogP) is 1.31. The molecule has 1 atom stereocenters. The lowest BCUT2D eigenvalue weighted by molar-refractivity contribution is 0.566. The molecule has 2 rings (SSSR count). The van der Waals surface area contributed by atoms with Crippen LogP contribution in [-0.2, 0) is 5.41 Å². The summed E-state index contributed by atoms with van der Waals surface area (Å²) in [6.07, 6.45) is 2.87. The summed E-state index contributed by atoms with van der Waals surface area (Å²) in [4.78, 5) is 11.1. The average Bonchev–Trinajstić information content (AvgIpc) is 2.64. The second-order valence-electron chi connectivity index (χ2n) is 5.49. The molecular formula is C12H20N4. The molecule has 0 aromatic carbocycles. The highest BCUT2D eigenvalue weighted by Crippen LogP contribution is 2.22. The van der Waals surface area contributed by atoms with Crippen molar-refractivity contribution < 1.29 is 0 Å². The van der Waals surface area contributed by atoms with Crippen molar-refractivity contribution in [3.8, 4) is 0 Å². The second-order valence-corrected chi connectivity index (χ2v) is 5.49. The Morgan fingerprint density at radius 2 is 2.19 bits per heavy atom. The number of nitrogens with two attached hydrogens (primary N) is 1. The van der Waals surface area contributed by atoms with E-state index in [0.29, 0.717) is 0 Å². The summed E-state index contributed by atoms with van der Waals surface area (Å²) in [5, 5.41) is 0. The van der Waals surface area contributed by atoms with Crippen LogP contribution in [0.3, 0.4) is 0 Å². The largest absolute Gasteiger partial charge is 0.339 e. The van der Waals surface area contributed by atoms with Gasteiger partial charge in [0.15, 0.2) is 0 Å². The van der Waals surface area contributed by atoms with Crippen LogP contribution in [0.2, 0.25) is 0 Å². The Hall–Kier alpha value is -1.16. The molecule has 1 aliphatic rings. The Kier molecular flexibility index (Phi) is 2.84. The topological polar surface area (TPSA) is 55.0 Å². The zero-order chi connectivity index (χ0) is 11.8. The predicted molar refractivity (Wildman–Crippen MR) is 65.5 cm³/mol. The van der Waals surface area contributed by atoms with Gasteiger partial charge in [-0.1, -0.05) is 20.8 Å². The molecule has 2 N–H and O–H groups in total. The van der Waals surface area contributed by atoms with Crippen LogP contribution < -0.4 is 10.6 Å². The van der Waals surface area contributed by atoms with Gasteiger partial charge in [0, 0.05) is 30.7 Å². The highest BCUT2D eigenvalue weighted by molar-refractivity contribution is 5.33. The molecule has 0 radical (unpaired) electrons. The van der Waals surface area contributed by atoms with Crippen LogP contribution in [0, 0.1) is 0 Å². The van der Waals surface area contributed by atoms with Crippen molar-refractivity contribution in [3.05, 3.63) is 18.0 Å². The Labute approximate surface area is 96.9 Å². The van der Waals surface area contributed by atoms with Crippen molar-refractivity contribution in [1.29, 1.82) is 0 Å². The van der Waals surface area contributed by atoms with E-state index >= 15 is 0 Å². The quantitative estimate of drug-likeness (QED) is 0.775. The van der Waals surface area contributed by atoms with Crippen molar-refractivity contribution >= 4 is 5.95 Å². The van der Waals surface area contributed by atoms with Gasteiger partial charge in [-0.3, -0.25) is 0 Å². The molecule has 1 aromatic heterocycles. The summed E-state index contributed by atoms with van der Waals surface area (Å²) in [7, 11) is 0. The SMILES string of the molecule is CC(C)(C)c1ccnc(N2CCC(N)C2)n1. The van der Waals surface area contributed by atoms with Crippen molar-refractivity contribution in [2.45, 2.75) is 38.6 Å². The van der Waals surface area contributed by atoms with E-state index in [0.717, 1.165) is 31.2 Å². The van der Waals surface area contributed by atoms with Gasteiger partial charge in [-0.15, -0.1) is 0 Å². The third-order valence-electron chi connectivity index (χ3n) is 2.92. The van der Waals surface area contributed by atoms with E-state index in [1.165, 1.54) is 0 Å². The Bertz CT molecular complexity index is 370. The fourth-order valence-corrected chi connectivity index (χ4v) is 1.89. The lowest BCUT2D eigenvalue weighted by atomic mass is 9.92. The van der Waals surface area contributed by atoms with E-state index in [4.69, 9.17) is 5.73 Å². The molecule has 1 saturated heterocycles. The number of anilines is 1. The maximum Gasteiger partial charge on any atom is 0.225 e. The van der Waals surface area contributed by atoms with Crippen LogP contribution >= 0.6 is 0 Å². The molecule has 16 heavy (non-hydrogen) atoms. The minimum absolute atomic E-state index is 0.0690. The molecule has 1 aromatic rings. The standard InChI is InChI=1S/C12H20N4/c1-12(2,3)10-4-6-14-11(15-10)16-7-5-9(13)8-16/h4,6,9H,5,7-8,13H2,1-3H3. The van der Waals surface area contributed by atoms with Crippen LogP contribution in [0.15, 0.2) is 12.3 Å². The van der Waals surface area contributed by atoms with Crippen molar-refractivity contribution in [2.24, 2.45) is 5.73 Å². The van der Waals surface area contributed by atoms with Crippen LogP contribution in [-0.4, -0.2) is 29.1 Å². The number of hydrogen-bond donors (Lipinski definition) is 1. The smallest absolute Gasteiger partial charge is 0.225 e. The lowest BCUT2D eigenvalue weighted by Crippen LogP contribution is -2.28. The molecule has 1 aliphatic heterocycles. The lowest BCUT2D eigenvalue weighted by Gasteiger charge is -2.21. The monoisotopic (exact) mass is 220 g/mol. The first-order chi connectivity index (χ1) is 7.47. The third kappa shape index (κ3) is 2.32. The molecule has 0 aliphatic carbocycles. The molecule has 0 spiro atoms. The van der Waals surface area contributed by atoms with E-state index in [2.05, 4.69) is 35.6 Å². The Balaban J connectivity index is 2.23. The summed E-state index contributed by atoms with van der Waals surface area (Å²) in [6, 6.07) is 2.25. The van der Waals surface area contributed by atoms with E-state index < -0.39 is 0 Å².